The van der Waals surface area contributed by atoms with Crippen LogP contribution in [0.4, 0.5) is 0 Å². The molecule has 0 bridgehead atoms. The van der Waals surface area contributed by atoms with Crippen molar-refractivity contribution >= 4 is 16.7 Å². The number of amides is 1. The number of nitrogens with one attached hydrogen (secondary N) is 1. The van der Waals surface area contributed by atoms with Crippen molar-refractivity contribution in [1.82, 2.24) is 5.32 Å². The van der Waals surface area contributed by atoms with E-state index in [2.05, 4.69) is 5.32 Å². The van der Waals surface area contributed by atoms with E-state index in [0.29, 0.717) is 18.7 Å². The summed E-state index contributed by atoms with van der Waals surface area (Å²) >= 11 is 0. The maximum atomic E-state index is 11.8. The fourth-order valence-corrected chi connectivity index (χ4v) is 2.56. The lowest BCUT2D eigenvalue weighted by molar-refractivity contribution is -0.122. The summed E-state index contributed by atoms with van der Waals surface area (Å²) in [5.41, 5.74) is 6.90. The second-order valence-corrected chi connectivity index (χ2v) is 8.07. The van der Waals surface area contributed by atoms with Gasteiger partial charge in [0.1, 0.15) is 0 Å². The van der Waals surface area contributed by atoms with E-state index in [9.17, 15) is 9.00 Å². The Balaban J connectivity index is 2.34. The predicted molar refractivity (Wildman–Crippen MR) is 83.9 cm³/mol. The number of benzene rings is 1. The van der Waals surface area contributed by atoms with Crippen molar-refractivity contribution in [1.29, 1.82) is 0 Å². The predicted octanol–water partition coefficient (Wildman–Crippen LogP) is 1.22. The van der Waals surface area contributed by atoms with E-state index in [0.717, 1.165) is 5.56 Å². The van der Waals surface area contributed by atoms with E-state index < -0.39 is 16.8 Å². The summed E-state index contributed by atoms with van der Waals surface area (Å²) in [4.78, 5) is 11.8. The average molecular weight is 296 g/mol. The van der Waals surface area contributed by atoms with Crippen molar-refractivity contribution in [3.63, 3.8) is 0 Å². The zero-order chi connectivity index (χ0) is 15.2. The molecule has 0 aliphatic carbocycles. The van der Waals surface area contributed by atoms with Crippen LogP contribution in [0.1, 0.15) is 26.3 Å². The lowest BCUT2D eigenvalue weighted by Gasteiger charge is -2.18. The van der Waals surface area contributed by atoms with E-state index in [-0.39, 0.29) is 10.7 Å². The quantitative estimate of drug-likeness (QED) is 0.829. The third-order valence-corrected chi connectivity index (χ3v) is 4.85. The molecular weight excluding hydrogens is 272 g/mol. The van der Waals surface area contributed by atoms with Crippen LogP contribution in [0.2, 0.25) is 0 Å². The van der Waals surface area contributed by atoms with Crippen molar-refractivity contribution in [3.8, 4) is 0 Å². The molecule has 0 fully saturated rings. The van der Waals surface area contributed by atoms with Gasteiger partial charge in [0.2, 0.25) is 5.91 Å². The van der Waals surface area contributed by atoms with Gasteiger partial charge in [-0.25, -0.2) is 0 Å². The molecule has 5 heteroatoms. The summed E-state index contributed by atoms with van der Waals surface area (Å²) in [6.07, 6.45) is 0.509. The molecule has 4 nitrogen and oxygen atoms in total. The van der Waals surface area contributed by atoms with Crippen molar-refractivity contribution < 1.29 is 9.00 Å². The van der Waals surface area contributed by atoms with Gasteiger partial charge in [-0.1, -0.05) is 30.3 Å². The summed E-state index contributed by atoms with van der Waals surface area (Å²) < 4.78 is 11.6. The van der Waals surface area contributed by atoms with Crippen LogP contribution in [0.3, 0.4) is 0 Å². The highest BCUT2D eigenvalue weighted by molar-refractivity contribution is 7.86. The summed E-state index contributed by atoms with van der Waals surface area (Å²) in [6, 6.07) is 9.10. The smallest absolute Gasteiger partial charge is 0.237 e. The molecule has 1 unspecified atom stereocenters. The Bertz CT molecular complexity index is 455. The summed E-state index contributed by atoms with van der Waals surface area (Å²) in [5.74, 6) is 0.257. The van der Waals surface area contributed by atoms with Gasteiger partial charge < -0.3 is 11.1 Å². The highest BCUT2D eigenvalue weighted by Gasteiger charge is 2.19. The molecule has 1 rings (SSSR count). The number of hydrogen-bond donors (Lipinski definition) is 2. The second-order valence-electron chi connectivity index (χ2n) is 5.75. The molecule has 3 N–H and O–H groups in total. The van der Waals surface area contributed by atoms with E-state index >= 15 is 0 Å². The highest BCUT2D eigenvalue weighted by Crippen LogP contribution is 2.10. The third-order valence-electron chi connectivity index (χ3n) is 2.90. The van der Waals surface area contributed by atoms with Crippen LogP contribution in [-0.2, 0) is 22.0 Å². The zero-order valence-corrected chi connectivity index (χ0v) is 13.2. The molecule has 0 aliphatic heterocycles. The van der Waals surface area contributed by atoms with Crippen LogP contribution in [-0.4, -0.2) is 33.2 Å². The molecule has 2 atom stereocenters. The first-order valence-corrected chi connectivity index (χ1v) is 8.08. The molecule has 0 spiro atoms. The fourth-order valence-electron chi connectivity index (χ4n) is 1.66. The Morgan fingerprint density at radius 2 is 1.90 bits per heavy atom. The first-order valence-electron chi connectivity index (χ1n) is 6.76. The number of rotatable bonds is 6. The standard InChI is InChI=1S/C15H24N2O2S/c1-15(2,3)20(19)10-9-17-14(18)13(16)11-12-7-5-4-6-8-12/h4-8,13H,9-11,16H2,1-3H3,(H,17,18)/t13-,20?/m0/s1. The minimum atomic E-state index is -0.960. The molecule has 0 aromatic heterocycles. The van der Waals surface area contributed by atoms with Gasteiger partial charge in [-0.05, 0) is 32.8 Å². The van der Waals surface area contributed by atoms with Gasteiger partial charge in [-0.15, -0.1) is 0 Å². The van der Waals surface area contributed by atoms with E-state index in [1.807, 2.05) is 51.1 Å². The average Bonchev–Trinajstić information content (AvgIpc) is 2.38. The lowest BCUT2D eigenvalue weighted by atomic mass is 10.1. The van der Waals surface area contributed by atoms with Crippen molar-refractivity contribution in [2.75, 3.05) is 12.3 Å². The van der Waals surface area contributed by atoms with Crippen molar-refractivity contribution in [2.24, 2.45) is 5.73 Å². The van der Waals surface area contributed by atoms with Crippen LogP contribution in [0.25, 0.3) is 0 Å². The molecule has 0 radical (unpaired) electrons. The number of carbonyl (C=O) groups is 1. The van der Waals surface area contributed by atoms with Gasteiger partial charge >= 0.3 is 0 Å². The van der Waals surface area contributed by atoms with Crippen LogP contribution >= 0.6 is 0 Å². The Hall–Kier alpha value is -1.20. The number of nitrogens with two attached hydrogens (primary N) is 1. The van der Waals surface area contributed by atoms with E-state index in [1.54, 1.807) is 0 Å². The molecule has 1 aromatic rings. The maximum Gasteiger partial charge on any atom is 0.237 e. The van der Waals surface area contributed by atoms with Crippen molar-refractivity contribution in [2.45, 2.75) is 38.0 Å². The fraction of sp³-hybridized carbons (Fsp3) is 0.533. The molecule has 0 aliphatic rings. The number of hydrogen-bond acceptors (Lipinski definition) is 3. The van der Waals surface area contributed by atoms with E-state index in [1.165, 1.54) is 0 Å². The van der Waals surface area contributed by atoms with E-state index in [4.69, 9.17) is 5.73 Å². The second kappa shape index (κ2) is 7.55. The monoisotopic (exact) mass is 296 g/mol. The molecule has 0 heterocycles. The van der Waals surface area contributed by atoms with Crippen LogP contribution in [0.5, 0.6) is 0 Å². The Labute approximate surface area is 123 Å². The molecule has 1 aromatic carbocycles. The largest absolute Gasteiger partial charge is 0.354 e. The Kier molecular flexibility index (Phi) is 6.36. The highest BCUT2D eigenvalue weighted by atomic mass is 32.2. The maximum absolute atomic E-state index is 11.8. The topological polar surface area (TPSA) is 72.2 Å². The Morgan fingerprint density at radius 3 is 2.45 bits per heavy atom. The molecule has 1 amide bonds. The summed E-state index contributed by atoms with van der Waals surface area (Å²) in [7, 11) is -0.960. The van der Waals surface area contributed by atoms with Gasteiger partial charge in [0, 0.05) is 27.8 Å². The van der Waals surface area contributed by atoms with Crippen LogP contribution in [0, 0.1) is 0 Å². The third kappa shape index (κ3) is 5.84. The van der Waals surface area contributed by atoms with Crippen molar-refractivity contribution in [3.05, 3.63) is 35.9 Å². The molecule has 20 heavy (non-hydrogen) atoms. The molecule has 0 saturated carbocycles. The van der Waals surface area contributed by atoms with Gasteiger partial charge in [0.25, 0.3) is 0 Å². The van der Waals surface area contributed by atoms with Crippen LogP contribution < -0.4 is 11.1 Å². The minimum Gasteiger partial charge on any atom is -0.354 e. The normalized spacial score (nSPS) is 14.6. The first kappa shape index (κ1) is 16.9. The number of carbonyl (C=O) groups excluding carboxylic acids is 1. The van der Waals surface area contributed by atoms with Gasteiger partial charge in [0.15, 0.2) is 0 Å². The van der Waals surface area contributed by atoms with Gasteiger partial charge in [-0.3, -0.25) is 9.00 Å². The van der Waals surface area contributed by atoms with Crippen LogP contribution in [0.15, 0.2) is 30.3 Å². The van der Waals surface area contributed by atoms with Gasteiger partial charge in [0.05, 0.1) is 6.04 Å². The SMILES string of the molecule is CC(C)(C)S(=O)CCNC(=O)[C@@H](N)Cc1ccccc1. The molecule has 0 saturated heterocycles. The zero-order valence-electron chi connectivity index (χ0n) is 12.4. The molecular formula is C15H24N2O2S. The molecule has 112 valence electrons. The van der Waals surface area contributed by atoms with Gasteiger partial charge in [-0.2, -0.15) is 0 Å². The summed E-state index contributed by atoms with van der Waals surface area (Å²) in [6.45, 7) is 6.16. The minimum absolute atomic E-state index is 0.195. The lowest BCUT2D eigenvalue weighted by Crippen LogP contribution is -2.43. The Morgan fingerprint density at radius 1 is 1.30 bits per heavy atom. The summed E-state index contributed by atoms with van der Waals surface area (Å²) in [5, 5.41) is 2.75. The first-order chi connectivity index (χ1) is 9.30.